The lowest BCUT2D eigenvalue weighted by Gasteiger charge is -2.13. The number of nitrogens with zero attached hydrogens (tertiary/aromatic N) is 2. The second-order valence-corrected chi connectivity index (χ2v) is 4.69. The van der Waals surface area contributed by atoms with Crippen molar-refractivity contribution in [3.63, 3.8) is 0 Å². The molecule has 0 fully saturated rings. The summed E-state index contributed by atoms with van der Waals surface area (Å²) < 4.78 is 0. The number of carbonyl (C=O) groups is 1. The normalized spacial score (nSPS) is 9.95. The molecule has 0 spiro atoms. The average molecular weight is 270 g/mol. The van der Waals surface area contributed by atoms with Gasteiger partial charge in [-0.3, -0.25) is 5.32 Å². The van der Waals surface area contributed by atoms with Crippen LogP contribution < -0.4 is 15.5 Å². The fourth-order valence-corrected chi connectivity index (χ4v) is 1.73. The molecule has 0 aliphatic carbocycles. The maximum absolute atomic E-state index is 11.9. The number of rotatable bonds is 3. The Labute approximate surface area is 118 Å². The molecule has 1 aromatic carbocycles. The fourth-order valence-electron chi connectivity index (χ4n) is 1.73. The molecular weight excluding hydrogens is 252 g/mol. The Hall–Kier alpha value is -2.56. The van der Waals surface area contributed by atoms with E-state index in [-0.39, 0.29) is 6.03 Å². The molecule has 0 bridgehead atoms. The molecule has 104 valence electrons. The van der Waals surface area contributed by atoms with Crippen molar-refractivity contribution in [1.29, 1.82) is 0 Å². The molecule has 5 nitrogen and oxygen atoms in total. The van der Waals surface area contributed by atoms with Crippen LogP contribution >= 0.6 is 0 Å². The minimum absolute atomic E-state index is 0.301. The van der Waals surface area contributed by atoms with Crippen LogP contribution in [0.5, 0.6) is 0 Å². The van der Waals surface area contributed by atoms with Gasteiger partial charge in [-0.25, -0.2) is 9.78 Å². The second-order valence-electron chi connectivity index (χ2n) is 4.69. The molecule has 5 heteroatoms. The molecule has 0 unspecified atom stereocenters. The molecule has 0 saturated carbocycles. The van der Waals surface area contributed by atoms with E-state index in [0.29, 0.717) is 5.82 Å². The average Bonchev–Trinajstić information content (AvgIpc) is 2.42. The smallest absolute Gasteiger partial charge is 0.324 e. The largest absolute Gasteiger partial charge is 0.378 e. The minimum atomic E-state index is -0.301. The van der Waals surface area contributed by atoms with Crippen LogP contribution in [0.25, 0.3) is 0 Å². The second kappa shape index (κ2) is 6.06. The van der Waals surface area contributed by atoms with Gasteiger partial charge in [0.25, 0.3) is 0 Å². The first-order valence-corrected chi connectivity index (χ1v) is 6.33. The highest BCUT2D eigenvalue weighted by Crippen LogP contribution is 2.16. The van der Waals surface area contributed by atoms with Gasteiger partial charge in [-0.2, -0.15) is 0 Å². The summed E-state index contributed by atoms with van der Waals surface area (Å²) in [5.74, 6) is 0.565. The molecule has 1 heterocycles. The molecule has 2 N–H and O–H groups in total. The van der Waals surface area contributed by atoms with E-state index in [2.05, 4.69) is 15.6 Å². The van der Waals surface area contributed by atoms with Crippen LogP contribution in [-0.2, 0) is 0 Å². The van der Waals surface area contributed by atoms with Crippen LogP contribution in [0.3, 0.4) is 0 Å². The molecule has 2 rings (SSSR count). The van der Waals surface area contributed by atoms with Gasteiger partial charge in [0, 0.05) is 31.7 Å². The Balaban J connectivity index is 1.99. The third-order valence-electron chi connectivity index (χ3n) is 2.88. The van der Waals surface area contributed by atoms with Gasteiger partial charge in [0.1, 0.15) is 5.82 Å². The molecule has 20 heavy (non-hydrogen) atoms. The summed E-state index contributed by atoms with van der Waals surface area (Å²) >= 11 is 0. The first-order chi connectivity index (χ1) is 9.56. The highest BCUT2D eigenvalue weighted by Gasteiger charge is 2.05. The van der Waals surface area contributed by atoms with E-state index in [0.717, 1.165) is 16.9 Å². The van der Waals surface area contributed by atoms with Gasteiger partial charge in [-0.1, -0.05) is 6.07 Å². The summed E-state index contributed by atoms with van der Waals surface area (Å²) in [4.78, 5) is 18.0. The zero-order valence-corrected chi connectivity index (χ0v) is 11.8. The Bertz CT molecular complexity index is 593. The number of amides is 2. The maximum Gasteiger partial charge on any atom is 0.324 e. The minimum Gasteiger partial charge on any atom is -0.378 e. The quantitative estimate of drug-likeness (QED) is 0.901. The van der Waals surface area contributed by atoms with Gasteiger partial charge < -0.3 is 10.2 Å². The van der Waals surface area contributed by atoms with Crippen LogP contribution in [0, 0.1) is 6.92 Å². The maximum atomic E-state index is 11.9. The number of aromatic nitrogens is 1. The first-order valence-electron chi connectivity index (χ1n) is 6.33. The van der Waals surface area contributed by atoms with Gasteiger partial charge in [-0.05, 0) is 42.8 Å². The molecule has 2 aromatic rings. The molecular formula is C15H18N4O. The summed E-state index contributed by atoms with van der Waals surface area (Å²) in [6, 6.07) is 11.0. The standard InChI is InChI=1S/C15H18N4O/c1-11-5-4-10-16-14(11)18-15(20)17-12-6-8-13(9-7-12)19(2)3/h4-10H,1-3H3,(H2,16,17,18,20). The zero-order valence-electron chi connectivity index (χ0n) is 11.8. The predicted octanol–water partition coefficient (Wildman–Crippen LogP) is 3.10. The number of carbonyl (C=O) groups excluding carboxylic acids is 1. The molecule has 0 atom stereocenters. The highest BCUT2D eigenvalue weighted by molar-refractivity contribution is 5.99. The number of pyridine rings is 1. The van der Waals surface area contributed by atoms with Gasteiger partial charge >= 0.3 is 6.03 Å². The van der Waals surface area contributed by atoms with Crippen molar-refractivity contribution in [2.24, 2.45) is 0 Å². The van der Waals surface area contributed by atoms with Crippen LogP contribution in [0.2, 0.25) is 0 Å². The summed E-state index contributed by atoms with van der Waals surface area (Å²) in [6.45, 7) is 1.90. The van der Waals surface area contributed by atoms with Crippen molar-refractivity contribution in [2.45, 2.75) is 6.92 Å². The molecule has 1 aromatic heterocycles. The van der Waals surface area contributed by atoms with Crippen molar-refractivity contribution in [1.82, 2.24) is 4.98 Å². The van der Waals surface area contributed by atoms with E-state index in [9.17, 15) is 4.79 Å². The molecule has 0 saturated heterocycles. The molecule has 0 aliphatic rings. The highest BCUT2D eigenvalue weighted by atomic mass is 16.2. The van der Waals surface area contributed by atoms with E-state index in [4.69, 9.17) is 0 Å². The number of anilines is 3. The first kappa shape index (κ1) is 13.9. The van der Waals surface area contributed by atoms with Crippen molar-refractivity contribution < 1.29 is 4.79 Å². The van der Waals surface area contributed by atoms with E-state index < -0.39 is 0 Å². The SMILES string of the molecule is Cc1cccnc1NC(=O)Nc1ccc(N(C)C)cc1. The van der Waals surface area contributed by atoms with Gasteiger partial charge in [0.2, 0.25) is 0 Å². The summed E-state index contributed by atoms with van der Waals surface area (Å²) in [5, 5.41) is 5.50. The summed E-state index contributed by atoms with van der Waals surface area (Å²) in [5.41, 5.74) is 2.74. The molecule has 0 aliphatic heterocycles. The number of nitrogens with one attached hydrogen (secondary N) is 2. The van der Waals surface area contributed by atoms with Crippen molar-refractivity contribution in [2.75, 3.05) is 29.6 Å². The third-order valence-corrected chi connectivity index (χ3v) is 2.88. The fraction of sp³-hybridized carbons (Fsp3) is 0.200. The lowest BCUT2D eigenvalue weighted by Crippen LogP contribution is -2.20. The number of aryl methyl sites for hydroxylation is 1. The van der Waals surface area contributed by atoms with Crippen molar-refractivity contribution >= 4 is 23.2 Å². The van der Waals surface area contributed by atoms with E-state index in [1.54, 1.807) is 6.20 Å². The van der Waals surface area contributed by atoms with Gasteiger partial charge in [0.15, 0.2) is 0 Å². The Morgan fingerprint density at radius 1 is 1.10 bits per heavy atom. The van der Waals surface area contributed by atoms with Crippen LogP contribution in [0.1, 0.15) is 5.56 Å². The Morgan fingerprint density at radius 3 is 2.40 bits per heavy atom. The monoisotopic (exact) mass is 270 g/mol. The van der Waals surface area contributed by atoms with E-state index >= 15 is 0 Å². The predicted molar refractivity (Wildman–Crippen MR) is 82.4 cm³/mol. The molecule has 2 amide bonds. The van der Waals surface area contributed by atoms with Gasteiger partial charge in [0.05, 0.1) is 0 Å². The lowest BCUT2D eigenvalue weighted by molar-refractivity contribution is 0.262. The third kappa shape index (κ3) is 3.47. The summed E-state index contributed by atoms with van der Waals surface area (Å²) in [6.07, 6.45) is 1.65. The number of urea groups is 1. The van der Waals surface area contributed by atoms with E-state index in [1.807, 2.05) is 62.3 Å². The van der Waals surface area contributed by atoms with E-state index in [1.165, 1.54) is 0 Å². The summed E-state index contributed by atoms with van der Waals surface area (Å²) in [7, 11) is 3.94. The van der Waals surface area contributed by atoms with Crippen LogP contribution in [-0.4, -0.2) is 25.1 Å². The lowest BCUT2D eigenvalue weighted by atomic mass is 10.2. The van der Waals surface area contributed by atoms with Crippen LogP contribution in [0.15, 0.2) is 42.6 Å². The number of hydrogen-bond acceptors (Lipinski definition) is 3. The van der Waals surface area contributed by atoms with Crippen molar-refractivity contribution in [3.05, 3.63) is 48.2 Å². The topological polar surface area (TPSA) is 57.3 Å². The van der Waals surface area contributed by atoms with Gasteiger partial charge in [-0.15, -0.1) is 0 Å². The van der Waals surface area contributed by atoms with Crippen molar-refractivity contribution in [3.8, 4) is 0 Å². The molecule has 0 radical (unpaired) electrons. The Morgan fingerprint density at radius 2 is 1.80 bits per heavy atom. The zero-order chi connectivity index (χ0) is 14.5. The number of benzene rings is 1. The number of hydrogen-bond donors (Lipinski definition) is 2. The van der Waals surface area contributed by atoms with Crippen LogP contribution in [0.4, 0.5) is 22.0 Å². The Kier molecular flexibility index (Phi) is 4.20.